The van der Waals surface area contributed by atoms with E-state index in [1.165, 1.54) is 17.0 Å². The van der Waals surface area contributed by atoms with Gasteiger partial charge in [0.1, 0.15) is 11.9 Å². The topological polar surface area (TPSA) is 46.6 Å². The predicted molar refractivity (Wildman–Crippen MR) is 97.9 cm³/mol. The summed E-state index contributed by atoms with van der Waals surface area (Å²) < 4.78 is 19.4. The first-order valence-electron chi connectivity index (χ1n) is 8.66. The Balaban J connectivity index is 2.25. The molecule has 6 heteroatoms. The van der Waals surface area contributed by atoms with Gasteiger partial charge in [-0.1, -0.05) is 39.8 Å². The maximum absolute atomic E-state index is 14.1. The third kappa shape index (κ3) is 4.97. The quantitative estimate of drug-likeness (QED) is 0.714. The summed E-state index contributed by atoms with van der Waals surface area (Å²) in [4.78, 5) is 27.0. The Kier molecular flexibility index (Phi) is 6.87. The van der Waals surface area contributed by atoms with E-state index in [-0.39, 0.29) is 16.9 Å². The molecule has 1 heterocycles. The van der Waals surface area contributed by atoms with Crippen molar-refractivity contribution in [3.05, 3.63) is 35.6 Å². The SMILES string of the molecule is CC(C)COC(=O)C1CSC(CC(C)C)N1C(=O)c1ccccc1F. The van der Waals surface area contributed by atoms with Crippen molar-refractivity contribution < 1.29 is 18.7 Å². The first kappa shape index (κ1) is 19.8. The van der Waals surface area contributed by atoms with Gasteiger partial charge in [-0.25, -0.2) is 9.18 Å². The number of carbonyl (C=O) groups excluding carboxylic acids is 2. The number of benzene rings is 1. The van der Waals surface area contributed by atoms with Crippen LogP contribution in [0.15, 0.2) is 24.3 Å². The minimum absolute atomic E-state index is 0.000385. The standard InChI is InChI=1S/C19H26FNO3S/c1-12(2)9-17-21(18(22)14-7-5-6-8-15(14)20)16(11-25-17)19(23)24-10-13(3)4/h5-8,12-13,16-17H,9-11H2,1-4H3. The Bertz CT molecular complexity index is 620. The normalized spacial score (nSPS) is 20.4. The van der Waals surface area contributed by atoms with Gasteiger partial charge in [0.05, 0.1) is 17.5 Å². The molecule has 1 saturated heterocycles. The second kappa shape index (κ2) is 8.70. The fourth-order valence-electron chi connectivity index (χ4n) is 2.72. The van der Waals surface area contributed by atoms with Crippen LogP contribution < -0.4 is 0 Å². The molecule has 1 aromatic carbocycles. The highest BCUT2D eigenvalue weighted by Crippen LogP contribution is 2.35. The number of ether oxygens (including phenoxy) is 1. The smallest absolute Gasteiger partial charge is 0.329 e. The summed E-state index contributed by atoms with van der Waals surface area (Å²) in [7, 11) is 0. The van der Waals surface area contributed by atoms with Crippen molar-refractivity contribution in [2.75, 3.05) is 12.4 Å². The van der Waals surface area contributed by atoms with Crippen LogP contribution in [-0.2, 0) is 9.53 Å². The van der Waals surface area contributed by atoms with Gasteiger partial charge in [0.25, 0.3) is 5.91 Å². The van der Waals surface area contributed by atoms with Crippen LogP contribution in [0.3, 0.4) is 0 Å². The van der Waals surface area contributed by atoms with Gasteiger partial charge < -0.3 is 9.64 Å². The van der Waals surface area contributed by atoms with E-state index in [0.29, 0.717) is 18.3 Å². The van der Waals surface area contributed by atoms with Gasteiger partial charge in [-0.05, 0) is 30.4 Å². The number of nitrogens with zero attached hydrogens (tertiary/aromatic N) is 1. The lowest BCUT2D eigenvalue weighted by Crippen LogP contribution is -2.47. The van der Waals surface area contributed by atoms with Crippen molar-refractivity contribution in [1.82, 2.24) is 4.90 Å². The molecule has 0 N–H and O–H groups in total. The fourth-order valence-corrected chi connectivity index (χ4v) is 4.35. The molecule has 0 aliphatic carbocycles. The maximum Gasteiger partial charge on any atom is 0.329 e. The van der Waals surface area contributed by atoms with Gasteiger partial charge in [0.15, 0.2) is 0 Å². The van der Waals surface area contributed by atoms with Crippen molar-refractivity contribution in [3.63, 3.8) is 0 Å². The number of amides is 1. The second-order valence-electron chi connectivity index (χ2n) is 7.15. The molecule has 1 fully saturated rings. The Morgan fingerprint density at radius 1 is 1.24 bits per heavy atom. The largest absolute Gasteiger partial charge is 0.464 e. The average Bonchev–Trinajstić information content (AvgIpc) is 2.95. The molecule has 2 unspecified atom stereocenters. The highest BCUT2D eigenvalue weighted by Gasteiger charge is 2.43. The van der Waals surface area contributed by atoms with Crippen molar-refractivity contribution in [2.45, 2.75) is 45.5 Å². The molecule has 2 rings (SSSR count). The fraction of sp³-hybridized carbons (Fsp3) is 0.579. The van der Waals surface area contributed by atoms with E-state index < -0.39 is 23.7 Å². The third-order valence-corrected chi connectivity index (χ3v) is 5.25. The zero-order valence-electron chi connectivity index (χ0n) is 15.2. The minimum Gasteiger partial charge on any atom is -0.464 e. The molecule has 138 valence electrons. The van der Waals surface area contributed by atoms with Gasteiger partial charge in [-0.3, -0.25) is 4.79 Å². The number of carbonyl (C=O) groups is 2. The summed E-state index contributed by atoms with van der Waals surface area (Å²) in [5, 5.41) is -0.149. The molecule has 1 amide bonds. The Morgan fingerprint density at radius 2 is 1.92 bits per heavy atom. The van der Waals surface area contributed by atoms with Crippen molar-refractivity contribution in [2.24, 2.45) is 11.8 Å². The number of halogens is 1. The van der Waals surface area contributed by atoms with Crippen molar-refractivity contribution in [1.29, 1.82) is 0 Å². The molecular weight excluding hydrogens is 341 g/mol. The lowest BCUT2D eigenvalue weighted by atomic mass is 10.1. The van der Waals surface area contributed by atoms with Crippen molar-refractivity contribution in [3.8, 4) is 0 Å². The van der Waals surface area contributed by atoms with E-state index in [0.717, 1.165) is 6.42 Å². The van der Waals surface area contributed by atoms with E-state index in [9.17, 15) is 14.0 Å². The van der Waals surface area contributed by atoms with Crippen LogP contribution in [0.5, 0.6) is 0 Å². The molecule has 4 nitrogen and oxygen atoms in total. The molecular formula is C19H26FNO3S. The minimum atomic E-state index is -0.667. The molecule has 0 bridgehead atoms. The lowest BCUT2D eigenvalue weighted by Gasteiger charge is -2.29. The number of hydrogen-bond donors (Lipinski definition) is 0. The first-order chi connectivity index (χ1) is 11.8. The van der Waals surface area contributed by atoms with Crippen LogP contribution in [-0.4, -0.2) is 40.6 Å². The van der Waals surface area contributed by atoms with E-state index in [1.54, 1.807) is 23.9 Å². The van der Waals surface area contributed by atoms with Gasteiger partial charge in [-0.2, -0.15) is 0 Å². The van der Waals surface area contributed by atoms with Crippen LogP contribution >= 0.6 is 11.8 Å². The molecule has 0 radical (unpaired) electrons. The molecule has 1 aromatic rings. The molecule has 1 aliphatic heterocycles. The van der Waals surface area contributed by atoms with E-state index in [1.807, 2.05) is 13.8 Å². The molecule has 0 aromatic heterocycles. The zero-order valence-corrected chi connectivity index (χ0v) is 16.0. The Morgan fingerprint density at radius 3 is 2.52 bits per heavy atom. The van der Waals surface area contributed by atoms with Crippen LogP contribution in [0.25, 0.3) is 0 Å². The molecule has 2 atom stereocenters. The molecule has 25 heavy (non-hydrogen) atoms. The van der Waals surface area contributed by atoms with Crippen molar-refractivity contribution >= 4 is 23.6 Å². The maximum atomic E-state index is 14.1. The van der Waals surface area contributed by atoms with Crippen LogP contribution in [0.1, 0.15) is 44.5 Å². The summed E-state index contributed by atoms with van der Waals surface area (Å²) in [6, 6.07) is 5.23. The molecule has 0 spiro atoms. The van der Waals surface area contributed by atoms with Crippen LogP contribution in [0.2, 0.25) is 0 Å². The monoisotopic (exact) mass is 367 g/mol. The van der Waals surface area contributed by atoms with E-state index >= 15 is 0 Å². The van der Waals surface area contributed by atoms with Crippen LogP contribution in [0, 0.1) is 17.7 Å². The first-order valence-corrected chi connectivity index (χ1v) is 9.71. The van der Waals surface area contributed by atoms with E-state index in [4.69, 9.17) is 4.74 Å². The summed E-state index contributed by atoms with van der Waals surface area (Å²) in [5.41, 5.74) is 0.000385. The number of rotatable bonds is 6. The van der Waals surface area contributed by atoms with Crippen LogP contribution in [0.4, 0.5) is 4.39 Å². The molecule has 1 aliphatic rings. The van der Waals surface area contributed by atoms with Gasteiger partial charge in [-0.15, -0.1) is 11.8 Å². The number of thioether (sulfide) groups is 1. The average molecular weight is 367 g/mol. The zero-order chi connectivity index (χ0) is 18.6. The van der Waals surface area contributed by atoms with Gasteiger partial charge in [0, 0.05) is 5.75 Å². The second-order valence-corrected chi connectivity index (χ2v) is 8.36. The van der Waals surface area contributed by atoms with Gasteiger partial charge in [0.2, 0.25) is 0 Å². The highest BCUT2D eigenvalue weighted by molar-refractivity contribution is 8.00. The predicted octanol–water partition coefficient (Wildman–Crippen LogP) is 3.95. The molecule has 0 saturated carbocycles. The summed E-state index contributed by atoms with van der Waals surface area (Å²) in [6.07, 6.45) is 0.749. The van der Waals surface area contributed by atoms with Gasteiger partial charge >= 0.3 is 5.97 Å². The summed E-state index contributed by atoms with van der Waals surface area (Å²) >= 11 is 1.56. The third-order valence-electron chi connectivity index (χ3n) is 3.94. The summed E-state index contributed by atoms with van der Waals surface area (Å²) in [5.74, 6) is -0.354. The van der Waals surface area contributed by atoms with E-state index in [2.05, 4.69) is 13.8 Å². The Hall–Kier alpha value is -1.56. The Labute approximate surface area is 153 Å². The lowest BCUT2D eigenvalue weighted by molar-refractivity contribution is -0.149. The number of hydrogen-bond acceptors (Lipinski definition) is 4. The highest BCUT2D eigenvalue weighted by atomic mass is 32.2. The number of esters is 1. The summed E-state index contributed by atoms with van der Waals surface area (Å²) in [6.45, 7) is 8.37.